The molecule has 0 spiro atoms. The van der Waals surface area contributed by atoms with Crippen LogP contribution in [0.1, 0.15) is 44.7 Å². The summed E-state index contributed by atoms with van der Waals surface area (Å²) in [4.78, 5) is 21.0. The molecule has 1 aliphatic rings. The molecule has 0 radical (unpaired) electrons. The van der Waals surface area contributed by atoms with Gasteiger partial charge in [0.15, 0.2) is 0 Å². The van der Waals surface area contributed by atoms with Crippen LogP contribution >= 0.6 is 0 Å². The molecule has 1 N–H and O–H groups in total. The predicted octanol–water partition coefficient (Wildman–Crippen LogP) is 1.39. The van der Waals surface area contributed by atoms with Gasteiger partial charge < -0.3 is 14.6 Å². The highest BCUT2D eigenvalue weighted by molar-refractivity contribution is 5.81. The van der Waals surface area contributed by atoms with E-state index < -0.39 is 0 Å². The number of hydrogen-bond acceptors (Lipinski definition) is 4. The Morgan fingerprint density at radius 2 is 2.13 bits per heavy atom. The molecule has 1 fully saturated rings. The van der Waals surface area contributed by atoms with Gasteiger partial charge in [0.05, 0.1) is 31.2 Å². The molecule has 1 atom stereocenters. The van der Waals surface area contributed by atoms with Crippen molar-refractivity contribution >= 4 is 5.91 Å². The molecule has 1 aliphatic carbocycles. The third kappa shape index (κ3) is 4.54. The van der Waals surface area contributed by atoms with Gasteiger partial charge in [0.2, 0.25) is 5.91 Å². The van der Waals surface area contributed by atoms with Crippen molar-refractivity contribution in [2.45, 2.75) is 57.7 Å². The molecular formula is C17H30N4O2. The zero-order chi connectivity index (χ0) is 16.8. The topological polar surface area (TPSA) is 61.6 Å². The minimum absolute atomic E-state index is 0.0244. The van der Waals surface area contributed by atoms with E-state index in [1.807, 2.05) is 18.5 Å². The lowest BCUT2D eigenvalue weighted by atomic mass is 9.93. The van der Waals surface area contributed by atoms with Crippen molar-refractivity contribution in [1.82, 2.24) is 19.4 Å². The Labute approximate surface area is 139 Å². The lowest BCUT2D eigenvalue weighted by Crippen LogP contribution is -2.50. The van der Waals surface area contributed by atoms with E-state index in [-0.39, 0.29) is 18.6 Å². The Morgan fingerprint density at radius 3 is 2.70 bits per heavy atom. The van der Waals surface area contributed by atoms with Crippen LogP contribution in [0.4, 0.5) is 0 Å². The number of aliphatic hydroxyl groups excluding tert-OH is 1. The van der Waals surface area contributed by atoms with Gasteiger partial charge in [-0.1, -0.05) is 19.3 Å². The van der Waals surface area contributed by atoms with Crippen LogP contribution in [0.15, 0.2) is 12.5 Å². The number of imidazole rings is 1. The average Bonchev–Trinajstić information content (AvgIpc) is 2.98. The van der Waals surface area contributed by atoms with Crippen molar-refractivity contribution in [2.75, 3.05) is 20.2 Å². The zero-order valence-electron chi connectivity index (χ0n) is 14.6. The van der Waals surface area contributed by atoms with Crippen molar-refractivity contribution in [1.29, 1.82) is 0 Å². The SMILES string of the molecule is CC(C(=O)N(CCO)Cc1cncn1C)N(C)C1CCCCC1. The normalized spacial score (nSPS) is 17.4. The Kier molecular flexibility index (Phi) is 6.59. The van der Waals surface area contributed by atoms with Crippen molar-refractivity contribution in [3.63, 3.8) is 0 Å². The van der Waals surface area contributed by atoms with Crippen LogP contribution in [-0.4, -0.2) is 62.6 Å². The summed E-state index contributed by atoms with van der Waals surface area (Å²) < 4.78 is 1.91. The smallest absolute Gasteiger partial charge is 0.240 e. The molecule has 1 amide bonds. The molecule has 1 aromatic rings. The predicted molar refractivity (Wildman–Crippen MR) is 89.8 cm³/mol. The van der Waals surface area contributed by atoms with Gasteiger partial charge in [-0.25, -0.2) is 4.98 Å². The van der Waals surface area contributed by atoms with E-state index in [9.17, 15) is 9.90 Å². The molecule has 23 heavy (non-hydrogen) atoms. The summed E-state index contributed by atoms with van der Waals surface area (Å²) in [6.07, 6.45) is 9.67. The van der Waals surface area contributed by atoms with Crippen molar-refractivity contribution in [3.05, 3.63) is 18.2 Å². The van der Waals surface area contributed by atoms with E-state index in [4.69, 9.17) is 0 Å². The second-order valence-corrected chi connectivity index (χ2v) is 6.61. The Balaban J connectivity index is 2.02. The molecule has 1 unspecified atom stereocenters. The maximum atomic E-state index is 12.9. The first-order valence-electron chi connectivity index (χ1n) is 8.61. The summed E-state index contributed by atoms with van der Waals surface area (Å²) in [5.74, 6) is 0.0772. The first-order valence-corrected chi connectivity index (χ1v) is 8.61. The van der Waals surface area contributed by atoms with Gasteiger partial charge in [-0.3, -0.25) is 9.69 Å². The Morgan fingerprint density at radius 1 is 1.43 bits per heavy atom. The Bertz CT molecular complexity index is 497. The number of aromatic nitrogens is 2. The number of carbonyl (C=O) groups excluding carboxylic acids is 1. The minimum atomic E-state index is -0.169. The summed E-state index contributed by atoms with van der Waals surface area (Å²) in [6.45, 7) is 2.79. The summed E-state index contributed by atoms with van der Waals surface area (Å²) in [7, 11) is 3.97. The second kappa shape index (κ2) is 8.45. The highest BCUT2D eigenvalue weighted by atomic mass is 16.3. The lowest BCUT2D eigenvalue weighted by molar-refractivity contribution is -0.138. The molecule has 0 aliphatic heterocycles. The molecule has 1 aromatic heterocycles. The maximum absolute atomic E-state index is 12.9. The van der Waals surface area contributed by atoms with E-state index in [1.165, 1.54) is 32.1 Å². The summed E-state index contributed by atoms with van der Waals surface area (Å²) in [5.41, 5.74) is 0.972. The van der Waals surface area contributed by atoms with E-state index in [0.717, 1.165) is 5.69 Å². The molecule has 130 valence electrons. The molecule has 0 bridgehead atoms. The number of aryl methyl sites for hydroxylation is 1. The van der Waals surface area contributed by atoms with E-state index in [1.54, 1.807) is 17.4 Å². The number of carbonyl (C=O) groups is 1. The number of hydrogen-bond donors (Lipinski definition) is 1. The molecule has 0 aromatic carbocycles. The fourth-order valence-electron chi connectivity index (χ4n) is 3.36. The molecule has 6 nitrogen and oxygen atoms in total. The van der Waals surface area contributed by atoms with Gasteiger partial charge in [0, 0.05) is 25.8 Å². The quantitative estimate of drug-likeness (QED) is 0.824. The zero-order valence-corrected chi connectivity index (χ0v) is 14.6. The van der Waals surface area contributed by atoms with Gasteiger partial charge in [-0.05, 0) is 26.8 Å². The molecular weight excluding hydrogens is 292 g/mol. The summed E-state index contributed by atoms with van der Waals surface area (Å²) in [5, 5.41) is 9.32. The van der Waals surface area contributed by atoms with Crippen LogP contribution in [0, 0.1) is 0 Å². The third-order valence-corrected chi connectivity index (χ3v) is 5.07. The number of aliphatic hydroxyl groups is 1. The van der Waals surface area contributed by atoms with E-state index in [2.05, 4.69) is 16.9 Å². The summed E-state index contributed by atoms with van der Waals surface area (Å²) >= 11 is 0. The number of rotatable bonds is 7. The van der Waals surface area contributed by atoms with Crippen LogP contribution in [0.2, 0.25) is 0 Å². The maximum Gasteiger partial charge on any atom is 0.240 e. The van der Waals surface area contributed by atoms with Crippen molar-refractivity contribution < 1.29 is 9.90 Å². The Hall–Kier alpha value is -1.40. The average molecular weight is 322 g/mol. The monoisotopic (exact) mass is 322 g/mol. The number of likely N-dealkylation sites (N-methyl/N-ethyl adjacent to an activating group) is 1. The third-order valence-electron chi connectivity index (χ3n) is 5.07. The van der Waals surface area contributed by atoms with Crippen LogP contribution in [0.3, 0.4) is 0 Å². The van der Waals surface area contributed by atoms with Crippen molar-refractivity contribution in [2.24, 2.45) is 7.05 Å². The standard InChI is InChI=1S/C17H30N4O2/c1-14(20(3)15-7-5-4-6-8-15)17(23)21(9-10-22)12-16-11-18-13-19(16)2/h11,13-15,22H,4-10,12H2,1-3H3. The molecule has 0 saturated heterocycles. The van der Waals surface area contributed by atoms with Crippen LogP contribution in [-0.2, 0) is 18.4 Å². The minimum Gasteiger partial charge on any atom is -0.395 e. The highest BCUT2D eigenvalue weighted by Crippen LogP contribution is 2.23. The number of nitrogens with zero attached hydrogens (tertiary/aromatic N) is 4. The van der Waals surface area contributed by atoms with Gasteiger partial charge in [0.25, 0.3) is 0 Å². The first kappa shape index (κ1) is 17.9. The van der Waals surface area contributed by atoms with Gasteiger partial charge in [0.1, 0.15) is 0 Å². The van der Waals surface area contributed by atoms with E-state index >= 15 is 0 Å². The fourth-order valence-corrected chi connectivity index (χ4v) is 3.36. The summed E-state index contributed by atoms with van der Waals surface area (Å²) in [6, 6.07) is 0.327. The van der Waals surface area contributed by atoms with E-state index in [0.29, 0.717) is 19.1 Å². The second-order valence-electron chi connectivity index (χ2n) is 6.61. The van der Waals surface area contributed by atoms with Gasteiger partial charge in [-0.15, -0.1) is 0 Å². The van der Waals surface area contributed by atoms with Crippen LogP contribution in [0.25, 0.3) is 0 Å². The number of amides is 1. The van der Waals surface area contributed by atoms with Gasteiger partial charge in [-0.2, -0.15) is 0 Å². The molecule has 2 rings (SSSR count). The lowest BCUT2D eigenvalue weighted by Gasteiger charge is -2.37. The largest absolute Gasteiger partial charge is 0.395 e. The van der Waals surface area contributed by atoms with Crippen LogP contribution < -0.4 is 0 Å². The fraction of sp³-hybridized carbons (Fsp3) is 0.765. The van der Waals surface area contributed by atoms with Gasteiger partial charge >= 0.3 is 0 Å². The molecule has 1 heterocycles. The van der Waals surface area contributed by atoms with Crippen molar-refractivity contribution in [3.8, 4) is 0 Å². The highest BCUT2D eigenvalue weighted by Gasteiger charge is 2.29. The first-order chi connectivity index (χ1) is 11.0. The molecule has 6 heteroatoms. The van der Waals surface area contributed by atoms with Crippen LogP contribution in [0.5, 0.6) is 0 Å². The molecule has 1 saturated carbocycles.